The summed E-state index contributed by atoms with van der Waals surface area (Å²) in [7, 11) is 1.53. The van der Waals surface area contributed by atoms with Crippen LogP contribution in [-0.4, -0.2) is 18.0 Å². The zero-order valence-electron chi connectivity index (χ0n) is 9.98. The predicted octanol–water partition coefficient (Wildman–Crippen LogP) is 3.76. The number of ether oxygens (including phenoxy) is 1. The van der Waals surface area contributed by atoms with E-state index in [9.17, 15) is 4.79 Å². The van der Waals surface area contributed by atoms with Gasteiger partial charge in [0.05, 0.1) is 24.0 Å². The molecular weight excluding hydrogens is 332 g/mol. The Balaban J connectivity index is 2.13. The van der Waals surface area contributed by atoms with Crippen LogP contribution in [0.15, 0.2) is 41.0 Å². The fourth-order valence-electron chi connectivity index (χ4n) is 1.42. The van der Waals surface area contributed by atoms with E-state index in [-0.39, 0.29) is 5.91 Å². The lowest BCUT2D eigenvalue weighted by Crippen LogP contribution is -2.12. The average molecular weight is 342 g/mol. The summed E-state index contributed by atoms with van der Waals surface area (Å²) in [6.45, 7) is 0. The van der Waals surface area contributed by atoms with E-state index in [0.29, 0.717) is 22.2 Å². The van der Waals surface area contributed by atoms with Crippen LogP contribution in [-0.2, 0) is 0 Å². The van der Waals surface area contributed by atoms with Crippen molar-refractivity contribution in [1.82, 2.24) is 4.98 Å². The van der Waals surface area contributed by atoms with Crippen LogP contribution in [0, 0.1) is 0 Å². The lowest BCUT2D eigenvalue weighted by molar-refractivity contribution is 0.102. The zero-order chi connectivity index (χ0) is 13.8. The number of aromatic nitrogens is 1. The average Bonchev–Trinajstić information content (AvgIpc) is 2.42. The van der Waals surface area contributed by atoms with Crippen LogP contribution in [0.4, 0.5) is 5.69 Å². The number of carbonyl (C=O) groups excluding carboxylic acids is 1. The van der Waals surface area contributed by atoms with E-state index in [1.165, 1.54) is 13.3 Å². The predicted molar refractivity (Wildman–Crippen MR) is 77.9 cm³/mol. The number of anilines is 1. The molecule has 0 saturated heterocycles. The molecule has 0 aliphatic rings. The number of halogens is 2. The van der Waals surface area contributed by atoms with Gasteiger partial charge in [-0.15, -0.1) is 0 Å². The number of hydrogen-bond donors (Lipinski definition) is 1. The highest BCUT2D eigenvalue weighted by atomic mass is 79.9. The quantitative estimate of drug-likeness (QED) is 0.925. The molecule has 0 saturated carbocycles. The van der Waals surface area contributed by atoms with E-state index in [2.05, 4.69) is 26.2 Å². The third-order valence-corrected chi connectivity index (χ3v) is 3.62. The van der Waals surface area contributed by atoms with Crippen molar-refractivity contribution in [3.63, 3.8) is 0 Å². The Hall–Kier alpha value is -1.59. The van der Waals surface area contributed by atoms with Gasteiger partial charge in [-0.1, -0.05) is 11.6 Å². The first-order chi connectivity index (χ1) is 9.10. The molecule has 0 unspecified atom stereocenters. The van der Waals surface area contributed by atoms with Crippen molar-refractivity contribution >= 4 is 39.1 Å². The number of carbonyl (C=O) groups is 1. The molecule has 19 heavy (non-hydrogen) atoms. The Morgan fingerprint density at radius 1 is 1.37 bits per heavy atom. The van der Waals surface area contributed by atoms with Crippen LogP contribution >= 0.6 is 27.5 Å². The van der Waals surface area contributed by atoms with Crippen LogP contribution in [0.25, 0.3) is 0 Å². The lowest BCUT2D eigenvalue weighted by atomic mass is 10.2. The van der Waals surface area contributed by atoms with Crippen molar-refractivity contribution in [2.24, 2.45) is 0 Å². The molecule has 1 N–H and O–H groups in total. The second-order valence-electron chi connectivity index (χ2n) is 3.67. The molecule has 2 aromatic rings. The lowest BCUT2D eigenvalue weighted by Gasteiger charge is -2.06. The van der Waals surface area contributed by atoms with Crippen molar-refractivity contribution in [2.75, 3.05) is 12.4 Å². The van der Waals surface area contributed by atoms with Crippen molar-refractivity contribution in [1.29, 1.82) is 0 Å². The minimum atomic E-state index is -0.249. The standard InChI is InChI=1S/C13H10BrClN2O2/c1-19-12-5-3-9(7-16-12)17-13(18)8-2-4-10(14)11(15)6-8/h2-7H,1H3,(H,17,18). The first-order valence-corrected chi connectivity index (χ1v) is 6.53. The molecule has 2 rings (SSSR count). The third-order valence-electron chi connectivity index (χ3n) is 2.39. The zero-order valence-corrected chi connectivity index (χ0v) is 12.3. The maximum atomic E-state index is 12.0. The molecule has 1 aromatic carbocycles. The van der Waals surface area contributed by atoms with Crippen molar-refractivity contribution in [3.05, 3.63) is 51.6 Å². The molecule has 0 bridgehead atoms. The summed E-state index contributed by atoms with van der Waals surface area (Å²) < 4.78 is 5.69. The van der Waals surface area contributed by atoms with E-state index in [1.54, 1.807) is 30.3 Å². The summed E-state index contributed by atoms with van der Waals surface area (Å²) in [5.41, 5.74) is 1.06. The van der Waals surface area contributed by atoms with Crippen molar-refractivity contribution < 1.29 is 9.53 Å². The first-order valence-electron chi connectivity index (χ1n) is 5.36. The van der Waals surface area contributed by atoms with Gasteiger partial charge < -0.3 is 10.1 Å². The Labute approximate surface area is 123 Å². The minimum absolute atomic E-state index is 0.249. The fraction of sp³-hybridized carbons (Fsp3) is 0.0769. The molecule has 98 valence electrons. The van der Waals surface area contributed by atoms with Crippen molar-refractivity contribution in [2.45, 2.75) is 0 Å². The molecule has 0 spiro atoms. The summed E-state index contributed by atoms with van der Waals surface area (Å²) in [6.07, 6.45) is 1.52. The van der Waals surface area contributed by atoms with Gasteiger partial charge in [-0.3, -0.25) is 4.79 Å². The monoisotopic (exact) mass is 340 g/mol. The normalized spacial score (nSPS) is 10.1. The second kappa shape index (κ2) is 6.04. The van der Waals surface area contributed by atoms with E-state index < -0.39 is 0 Å². The van der Waals surface area contributed by atoms with Gasteiger partial charge in [-0.2, -0.15) is 0 Å². The van der Waals surface area contributed by atoms with Gasteiger partial charge in [0.2, 0.25) is 5.88 Å². The minimum Gasteiger partial charge on any atom is -0.481 e. The number of benzene rings is 1. The van der Waals surface area contributed by atoms with E-state index in [0.717, 1.165) is 4.47 Å². The Kier molecular flexibility index (Phi) is 4.39. The second-order valence-corrected chi connectivity index (χ2v) is 4.93. The summed E-state index contributed by atoms with van der Waals surface area (Å²) in [5.74, 6) is 0.242. The molecule has 1 aromatic heterocycles. The molecule has 0 atom stereocenters. The van der Waals surface area contributed by atoms with Gasteiger partial charge in [0, 0.05) is 16.1 Å². The topological polar surface area (TPSA) is 51.2 Å². The largest absolute Gasteiger partial charge is 0.481 e. The van der Waals surface area contributed by atoms with Crippen LogP contribution in [0.1, 0.15) is 10.4 Å². The maximum absolute atomic E-state index is 12.0. The van der Waals surface area contributed by atoms with Gasteiger partial charge in [0.15, 0.2) is 0 Å². The molecule has 1 heterocycles. The Bertz CT molecular complexity index is 602. The SMILES string of the molecule is COc1ccc(NC(=O)c2ccc(Br)c(Cl)c2)cn1. The highest BCUT2D eigenvalue weighted by Crippen LogP contribution is 2.23. The van der Waals surface area contributed by atoms with Gasteiger partial charge in [-0.25, -0.2) is 4.98 Å². The van der Waals surface area contributed by atoms with Gasteiger partial charge in [0.1, 0.15) is 0 Å². The fourth-order valence-corrected chi connectivity index (χ4v) is 1.84. The van der Waals surface area contributed by atoms with Crippen LogP contribution in [0.3, 0.4) is 0 Å². The number of amides is 1. The number of hydrogen-bond acceptors (Lipinski definition) is 3. The molecule has 6 heteroatoms. The molecule has 0 radical (unpaired) electrons. The molecule has 0 fully saturated rings. The Morgan fingerprint density at radius 3 is 2.74 bits per heavy atom. The number of methoxy groups -OCH3 is 1. The van der Waals surface area contributed by atoms with Crippen LogP contribution in [0.5, 0.6) is 5.88 Å². The highest BCUT2D eigenvalue weighted by Gasteiger charge is 2.08. The molecule has 0 aliphatic heterocycles. The summed E-state index contributed by atoms with van der Waals surface area (Å²) in [4.78, 5) is 16.0. The van der Waals surface area contributed by atoms with Crippen molar-refractivity contribution in [3.8, 4) is 5.88 Å². The Morgan fingerprint density at radius 2 is 2.16 bits per heavy atom. The van der Waals surface area contributed by atoms with E-state index in [1.807, 2.05) is 0 Å². The van der Waals surface area contributed by atoms with Gasteiger partial charge >= 0.3 is 0 Å². The third kappa shape index (κ3) is 3.45. The van der Waals surface area contributed by atoms with Crippen LogP contribution in [0.2, 0.25) is 5.02 Å². The highest BCUT2D eigenvalue weighted by molar-refractivity contribution is 9.10. The summed E-state index contributed by atoms with van der Waals surface area (Å²) in [5, 5.41) is 3.21. The number of nitrogens with one attached hydrogen (secondary N) is 1. The number of nitrogens with zero attached hydrogens (tertiary/aromatic N) is 1. The van der Waals surface area contributed by atoms with E-state index >= 15 is 0 Å². The molecule has 1 amide bonds. The van der Waals surface area contributed by atoms with Gasteiger partial charge in [-0.05, 0) is 40.2 Å². The number of rotatable bonds is 3. The first kappa shape index (κ1) is 13.8. The molecular formula is C13H10BrClN2O2. The number of pyridine rings is 1. The van der Waals surface area contributed by atoms with Crippen LogP contribution < -0.4 is 10.1 Å². The smallest absolute Gasteiger partial charge is 0.255 e. The molecule has 4 nitrogen and oxygen atoms in total. The summed E-state index contributed by atoms with van der Waals surface area (Å²) in [6, 6.07) is 8.39. The maximum Gasteiger partial charge on any atom is 0.255 e. The molecule has 0 aliphatic carbocycles. The van der Waals surface area contributed by atoms with E-state index in [4.69, 9.17) is 16.3 Å². The summed E-state index contributed by atoms with van der Waals surface area (Å²) >= 11 is 9.22. The van der Waals surface area contributed by atoms with Gasteiger partial charge in [0.25, 0.3) is 5.91 Å².